The SMILES string of the molecule is CCCCCCOc1ccc(N(c2ccc(OCCCCCC)cc2)c2ccc(-c3cc4c(s3)-c3sc(C=O)cc3[Si]4(CCCCCC)CCCCCC)cc2)cc1. The van der Waals surface area contributed by atoms with Crippen LogP contribution in [0.3, 0.4) is 0 Å². The zero-order chi connectivity index (χ0) is 40.6. The van der Waals surface area contributed by atoms with E-state index in [1.54, 1.807) is 21.7 Å². The van der Waals surface area contributed by atoms with Crippen molar-refractivity contribution in [1.82, 2.24) is 0 Å². The lowest BCUT2D eigenvalue weighted by Crippen LogP contribution is -2.54. The zero-order valence-corrected chi connectivity index (χ0v) is 38.4. The number of rotatable bonds is 27. The molecule has 0 aliphatic carbocycles. The summed E-state index contributed by atoms with van der Waals surface area (Å²) >= 11 is 3.68. The van der Waals surface area contributed by atoms with Crippen molar-refractivity contribution in [1.29, 1.82) is 0 Å². The quantitative estimate of drug-likeness (QED) is 0.0300. The molecular formula is C51H67NO3S2Si. The number of unbranched alkanes of at least 4 members (excludes halogenated alkanes) is 12. The summed E-state index contributed by atoms with van der Waals surface area (Å²) in [5.41, 5.74) is 4.55. The maximum Gasteiger partial charge on any atom is 0.160 e. The van der Waals surface area contributed by atoms with Crippen LogP contribution < -0.4 is 24.7 Å². The Morgan fingerprint density at radius 2 is 0.948 bits per heavy atom. The predicted molar refractivity (Wildman–Crippen MR) is 255 cm³/mol. The summed E-state index contributed by atoms with van der Waals surface area (Å²) in [6.45, 7) is 10.6. The molecule has 5 aromatic rings. The molecule has 0 radical (unpaired) electrons. The first-order valence-electron chi connectivity index (χ1n) is 22.7. The average molecular weight is 834 g/mol. The fraction of sp³-hybridized carbons (Fsp3) is 0.471. The summed E-state index contributed by atoms with van der Waals surface area (Å²) in [6, 6.07) is 33.8. The Labute approximate surface area is 359 Å². The number of benzene rings is 3. The second-order valence-electron chi connectivity index (χ2n) is 16.3. The molecule has 0 spiro atoms. The standard InChI is InChI=1S/C51H67NO3S2Si/c1-5-9-13-17-33-54-44-29-25-42(26-30-44)52(43-27-31-45(32-28-43)55-34-18-14-10-6-2)41-23-21-40(22-24-41)47-38-49-51(57-47)50-48(37-46(39-53)56-50)58(49,35-19-15-11-7-3)36-20-16-12-8-4/h21-32,37-39H,5-20,33-36H2,1-4H3. The molecule has 2 aromatic heterocycles. The van der Waals surface area contributed by atoms with Gasteiger partial charge in [-0.2, -0.15) is 0 Å². The van der Waals surface area contributed by atoms with Crippen LogP contribution in [0.5, 0.6) is 11.5 Å². The van der Waals surface area contributed by atoms with E-state index in [9.17, 15) is 4.79 Å². The molecule has 0 bridgehead atoms. The smallest absolute Gasteiger partial charge is 0.160 e. The summed E-state index contributed by atoms with van der Waals surface area (Å²) in [5, 5.41) is 3.21. The number of carbonyl (C=O) groups is 1. The highest BCUT2D eigenvalue weighted by molar-refractivity contribution is 7.31. The minimum Gasteiger partial charge on any atom is -0.494 e. The fourth-order valence-corrected chi connectivity index (χ4v) is 17.9. The number of anilines is 3. The summed E-state index contributed by atoms with van der Waals surface area (Å²) in [6.07, 6.45) is 20.9. The van der Waals surface area contributed by atoms with Crippen LogP contribution in [0.1, 0.15) is 140 Å². The van der Waals surface area contributed by atoms with Crippen molar-refractivity contribution < 1.29 is 14.3 Å². The number of carbonyl (C=O) groups excluding carboxylic acids is 1. The van der Waals surface area contributed by atoms with E-state index in [1.807, 2.05) is 11.3 Å². The molecule has 0 saturated heterocycles. The second-order valence-corrected chi connectivity index (χ2v) is 22.6. The molecule has 0 atom stereocenters. The lowest BCUT2D eigenvalue weighted by atomic mass is 10.1. The Hall–Kier alpha value is -3.65. The Bertz CT molecular complexity index is 1890. The molecule has 0 amide bonds. The molecule has 0 fully saturated rings. The molecule has 1 aliphatic rings. The zero-order valence-electron chi connectivity index (χ0n) is 35.8. The van der Waals surface area contributed by atoms with Gasteiger partial charge in [-0.25, -0.2) is 0 Å². The van der Waals surface area contributed by atoms with Gasteiger partial charge in [0.2, 0.25) is 0 Å². The van der Waals surface area contributed by atoms with Crippen LogP contribution in [-0.4, -0.2) is 27.6 Å². The third-order valence-corrected chi connectivity index (χ3v) is 19.9. The first kappa shape index (κ1) is 43.9. The van der Waals surface area contributed by atoms with E-state index in [-0.39, 0.29) is 0 Å². The number of fused-ring (bicyclic) bond motifs is 3. The first-order valence-corrected chi connectivity index (χ1v) is 26.7. The monoisotopic (exact) mass is 833 g/mol. The molecule has 0 saturated carbocycles. The molecule has 3 aromatic carbocycles. The number of ether oxygens (including phenoxy) is 2. The molecule has 3 heterocycles. The summed E-state index contributed by atoms with van der Waals surface area (Å²) < 4.78 is 12.3. The highest BCUT2D eigenvalue weighted by Crippen LogP contribution is 2.46. The van der Waals surface area contributed by atoms with Gasteiger partial charge in [0.05, 0.1) is 18.1 Å². The number of thiophene rings is 2. The summed E-state index contributed by atoms with van der Waals surface area (Å²) in [7, 11) is -2.00. The maximum atomic E-state index is 12.1. The minimum absolute atomic E-state index is 0.754. The van der Waals surface area contributed by atoms with Gasteiger partial charge in [-0.15, -0.1) is 22.7 Å². The molecule has 1 aliphatic heterocycles. The van der Waals surface area contributed by atoms with E-state index in [4.69, 9.17) is 9.47 Å². The van der Waals surface area contributed by atoms with Crippen LogP contribution in [-0.2, 0) is 0 Å². The topological polar surface area (TPSA) is 38.8 Å². The van der Waals surface area contributed by atoms with Crippen LogP contribution in [0.2, 0.25) is 12.1 Å². The Morgan fingerprint density at radius 3 is 1.41 bits per heavy atom. The Balaban J connectivity index is 1.29. The third-order valence-electron chi connectivity index (χ3n) is 11.9. The van der Waals surface area contributed by atoms with Gasteiger partial charge in [0.1, 0.15) is 19.6 Å². The van der Waals surface area contributed by atoms with Crippen molar-refractivity contribution in [2.75, 3.05) is 18.1 Å². The van der Waals surface area contributed by atoms with Crippen LogP contribution in [0.4, 0.5) is 17.1 Å². The van der Waals surface area contributed by atoms with Gasteiger partial charge >= 0.3 is 0 Å². The van der Waals surface area contributed by atoms with E-state index in [0.29, 0.717) is 0 Å². The fourth-order valence-electron chi connectivity index (χ4n) is 8.61. The normalized spacial score (nSPS) is 12.7. The lowest BCUT2D eigenvalue weighted by Gasteiger charge is -2.29. The largest absolute Gasteiger partial charge is 0.494 e. The number of hydrogen-bond donors (Lipinski definition) is 0. The molecule has 4 nitrogen and oxygen atoms in total. The van der Waals surface area contributed by atoms with Crippen molar-refractivity contribution in [3.05, 3.63) is 89.8 Å². The van der Waals surface area contributed by atoms with Crippen LogP contribution in [0.25, 0.3) is 20.2 Å². The molecular weight excluding hydrogens is 767 g/mol. The first-order chi connectivity index (χ1) is 28.5. The molecule has 58 heavy (non-hydrogen) atoms. The average Bonchev–Trinajstić information content (AvgIpc) is 3.95. The minimum atomic E-state index is -2.00. The molecule has 310 valence electrons. The van der Waals surface area contributed by atoms with Gasteiger partial charge in [-0.1, -0.05) is 130 Å². The molecule has 7 heteroatoms. The number of aldehydes is 1. The van der Waals surface area contributed by atoms with Crippen LogP contribution >= 0.6 is 22.7 Å². The van der Waals surface area contributed by atoms with Gasteiger partial charge in [0.25, 0.3) is 0 Å². The van der Waals surface area contributed by atoms with Gasteiger partial charge in [-0.3, -0.25) is 4.79 Å². The van der Waals surface area contributed by atoms with Crippen molar-refractivity contribution in [2.45, 2.75) is 143 Å². The van der Waals surface area contributed by atoms with E-state index in [1.165, 1.54) is 122 Å². The Kier molecular flexibility index (Phi) is 17.1. The van der Waals surface area contributed by atoms with Gasteiger partial charge in [-0.05, 0) is 114 Å². The van der Waals surface area contributed by atoms with Crippen LogP contribution in [0.15, 0.2) is 84.9 Å². The van der Waals surface area contributed by atoms with Gasteiger partial charge in [0.15, 0.2) is 6.29 Å². The number of hydrogen-bond acceptors (Lipinski definition) is 6. The van der Waals surface area contributed by atoms with Crippen molar-refractivity contribution in [2.24, 2.45) is 0 Å². The van der Waals surface area contributed by atoms with Gasteiger partial charge in [0, 0.05) is 31.7 Å². The maximum absolute atomic E-state index is 12.1. The Morgan fingerprint density at radius 1 is 0.517 bits per heavy atom. The molecule has 0 N–H and O–H groups in total. The third kappa shape index (κ3) is 10.9. The highest BCUT2D eigenvalue weighted by Gasteiger charge is 2.47. The summed E-state index contributed by atoms with van der Waals surface area (Å²) in [5.74, 6) is 1.83. The van der Waals surface area contributed by atoms with Crippen molar-refractivity contribution in [3.63, 3.8) is 0 Å². The van der Waals surface area contributed by atoms with Crippen LogP contribution in [0, 0.1) is 0 Å². The highest BCUT2D eigenvalue weighted by atomic mass is 32.1. The number of nitrogens with zero attached hydrogens (tertiary/aromatic N) is 1. The van der Waals surface area contributed by atoms with E-state index >= 15 is 0 Å². The van der Waals surface area contributed by atoms with Gasteiger partial charge < -0.3 is 14.4 Å². The second kappa shape index (κ2) is 22.6. The molecule has 6 rings (SSSR count). The van der Waals surface area contributed by atoms with E-state index in [2.05, 4.69) is 118 Å². The summed E-state index contributed by atoms with van der Waals surface area (Å²) in [4.78, 5) is 19.6. The molecule has 0 unspecified atom stereocenters. The van der Waals surface area contributed by atoms with E-state index < -0.39 is 8.07 Å². The van der Waals surface area contributed by atoms with E-state index in [0.717, 1.165) is 65.8 Å². The van der Waals surface area contributed by atoms with Crippen molar-refractivity contribution >= 4 is 64.5 Å². The predicted octanol–water partition coefficient (Wildman–Crippen LogP) is 15.4. The van der Waals surface area contributed by atoms with Crippen molar-refractivity contribution in [3.8, 4) is 31.7 Å². The lowest BCUT2D eigenvalue weighted by molar-refractivity contribution is 0.112.